The molecule has 1 aromatic heterocycles. The summed E-state index contributed by atoms with van der Waals surface area (Å²) in [6.45, 7) is 0.976. The third-order valence-corrected chi connectivity index (χ3v) is 4.87. The standard InChI is InChI=1S/C22H24N4O3/c1-28-14-20-24-21-12-11-17(13-26(21)25-20)23-22(27)15-29-19-10-6-5-9-18(19)16-7-3-2-4-8-16/h2-10,17H,11-15H2,1H3,(H,23,27). The Kier molecular flexibility index (Phi) is 5.86. The first-order valence-corrected chi connectivity index (χ1v) is 9.71. The molecule has 0 spiro atoms. The number of para-hydroxylation sites is 1. The van der Waals surface area contributed by atoms with E-state index in [2.05, 4.69) is 15.4 Å². The predicted octanol–water partition coefficient (Wildman–Crippen LogP) is 2.60. The normalized spacial score (nSPS) is 15.6. The second-order valence-electron chi connectivity index (χ2n) is 7.01. The molecule has 1 aliphatic rings. The Bertz CT molecular complexity index is 971. The van der Waals surface area contributed by atoms with Gasteiger partial charge >= 0.3 is 0 Å². The molecule has 150 valence electrons. The van der Waals surface area contributed by atoms with Gasteiger partial charge in [-0.2, -0.15) is 5.10 Å². The number of rotatable bonds is 7. The lowest BCUT2D eigenvalue weighted by Gasteiger charge is -2.23. The van der Waals surface area contributed by atoms with Gasteiger partial charge in [0.25, 0.3) is 5.91 Å². The van der Waals surface area contributed by atoms with Crippen molar-refractivity contribution < 1.29 is 14.3 Å². The lowest BCUT2D eigenvalue weighted by atomic mass is 10.1. The highest BCUT2D eigenvalue weighted by molar-refractivity contribution is 5.78. The van der Waals surface area contributed by atoms with E-state index in [-0.39, 0.29) is 18.6 Å². The molecule has 7 nitrogen and oxygen atoms in total. The summed E-state index contributed by atoms with van der Waals surface area (Å²) < 4.78 is 12.8. The van der Waals surface area contributed by atoms with Gasteiger partial charge in [-0.3, -0.25) is 4.79 Å². The van der Waals surface area contributed by atoms with Gasteiger partial charge in [-0.25, -0.2) is 9.67 Å². The summed E-state index contributed by atoms with van der Waals surface area (Å²) >= 11 is 0. The molecule has 0 radical (unpaired) electrons. The number of carbonyl (C=O) groups excluding carboxylic acids is 1. The Morgan fingerprint density at radius 1 is 1.17 bits per heavy atom. The maximum atomic E-state index is 12.5. The Labute approximate surface area is 169 Å². The minimum atomic E-state index is -0.140. The second-order valence-corrected chi connectivity index (χ2v) is 7.01. The number of aryl methyl sites for hydroxylation is 1. The summed E-state index contributed by atoms with van der Waals surface area (Å²) in [5, 5.41) is 7.48. The topological polar surface area (TPSA) is 78.3 Å². The van der Waals surface area contributed by atoms with E-state index in [1.54, 1.807) is 7.11 Å². The van der Waals surface area contributed by atoms with Gasteiger partial charge in [-0.05, 0) is 18.1 Å². The maximum Gasteiger partial charge on any atom is 0.258 e. The average Bonchev–Trinajstić information content (AvgIpc) is 3.15. The van der Waals surface area contributed by atoms with E-state index in [1.807, 2.05) is 59.3 Å². The average molecular weight is 392 g/mol. The van der Waals surface area contributed by atoms with Crippen LogP contribution in [0, 0.1) is 0 Å². The van der Waals surface area contributed by atoms with E-state index in [4.69, 9.17) is 9.47 Å². The van der Waals surface area contributed by atoms with Crippen molar-refractivity contribution in [1.82, 2.24) is 20.1 Å². The number of nitrogens with one attached hydrogen (secondary N) is 1. The predicted molar refractivity (Wildman–Crippen MR) is 108 cm³/mol. The van der Waals surface area contributed by atoms with Crippen LogP contribution in [0.25, 0.3) is 11.1 Å². The van der Waals surface area contributed by atoms with E-state index in [1.165, 1.54) is 0 Å². The molecule has 1 atom stereocenters. The summed E-state index contributed by atoms with van der Waals surface area (Å²) in [6.07, 6.45) is 1.61. The van der Waals surface area contributed by atoms with Gasteiger partial charge in [0.2, 0.25) is 0 Å². The number of methoxy groups -OCH3 is 1. The highest BCUT2D eigenvalue weighted by Gasteiger charge is 2.23. The molecule has 4 rings (SSSR count). The molecular formula is C22H24N4O3. The fraction of sp³-hybridized carbons (Fsp3) is 0.318. The van der Waals surface area contributed by atoms with Crippen LogP contribution < -0.4 is 10.1 Å². The van der Waals surface area contributed by atoms with Crippen molar-refractivity contribution in [2.24, 2.45) is 0 Å². The molecular weight excluding hydrogens is 368 g/mol. The molecule has 0 bridgehead atoms. The van der Waals surface area contributed by atoms with Crippen molar-refractivity contribution in [3.05, 3.63) is 66.2 Å². The quantitative estimate of drug-likeness (QED) is 0.669. The van der Waals surface area contributed by atoms with E-state index in [0.717, 1.165) is 29.8 Å². The van der Waals surface area contributed by atoms with Crippen LogP contribution in [0.5, 0.6) is 5.75 Å². The summed E-state index contributed by atoms with van der Waals surface area (Å²) in [7, 11) is 1.62. The van der Waals surface area contributed by atoms with Crippen molar-refractivity contribution in [2.45, 2.75) is 32.0 Å². The fourth-order valence-corrected chi connectivity index (χ4v) is 3.53. The van der Waals surface area contributed by atoms with Crippen LogP contribution in [0.1, 0.15) is 18.1 Å². The van der Waals surface area contributed by atoms with Gasteiger partial charge in [0.15, 0.2) is 12.4 Å². The van der Waals surface area contributed by atoms with Crippen LogP contribution in [0.4, 0.5) is 0 Å². The second kappa shape index (κ2) is 8.87. The van der Waals surface area contributed by atoms with Crippen LogP contribution >= 0.6 is 0 Å². The smallest absolute Gasteiger partial charge is 0.258 e. The molecule has 2 aromatic carbocycles. The third-order valence-electron chi connectivity index (χ3n) is 4.87. The van der Waals surface area contributed by atoms with Crippen molar-refractivity contribution >= 4 is 5.91 Å². The molecule has 1 N–H and O–H groups in total. The number of hydrogen-bond donors (Lipinski definition) is 1. The first-order chi connectivity index (χ1) is 14.2. The Morgan fingerprint density at radius 2 is 1.97 bits per heavy atom. The lowest BCUT2D eigenvalue weighted by Crippen LogP contribution is -2.43. The highest BCUT2D eigenvalue weighted by atomic mass is 16.5. The molecule has 2 heterocycles. The van der Waals surface area contributed by atoms with Gasteiger partial charge in [0, 0.05) is 25.1 Å². The van der Waals surface area contributed by atoms with E-state index in [9.17, 15) is 4.79 Å². The number of ether oxygens (including phenoxy) is 2. The van der Waals surface area contributed by atoms with Gasteiger partial charge in [-0.15, -0.1) is 0 Å². The first-order valence-electron chi connectivity index (χ1n) is 9.71. The monoisotopic (exact) mass is 392 g/mol. The minimum absolute atomic E-state index is 0.0139. The molecule has 0 aliphatic carbocycles. The summed E-state index contributed by atoms with van der Waals surface area (Å²) in [5.41, 5.74) is 2.03. The number of carbonyl (C=O) groups is 1. The first kappa shape index (κ1) is 19.1. The van der Waals surface area contributed by atoms with Crippen molar-refractivity contribution in [3.8, 4) is 16.9 Å². The number of aromatic nitrogens is 3. The largest absolute Gasteiger partial charge is 0.483 e. The van der Waals surface area contributed by atoms with E-state index >= 15 is 0 Å². The SMILES string of the molecule is COCc1nc2n(n1)CC(NC(=O)COc1ccccc1-c1ccccc1)CC2. The number of amides is 1. The summed E-state index contributed by atoms with van der Waals surface area (Å²) in [6, 6.07) is 17.8. The minimum Gasteiger partial charge on any atom is -0.483 e. The molecule has 3 aromatic rings. The third kappa shape index (κ3) is 4.63. The molecule has 1 aliphatic heterocycles. The van der Waals surface area contributed by atoms with Crippen LogP contribution in [-0.4, -0.2) is 40.4 Å². The van der Waals surface area contributed by atoms with Gasteiger partial charge in [-0.1, -0.05) is 48.5 Å². The number of fused-ring (bicyclic) bond motifs is 1. The molecule has 0 saturated heterocycles. The van der Waals surface area contributed by atoms with E-state index in [0.29, 0.717) is 24.7 Å². The van der Waals surface area contributed by atoms with E-state index < -0.39 is 0 Å². The zero-order valence-electron chi connectivity index (χ0n) is 16.4. The summed E-state index contributed by atoms with van der Waals surface area (Å²) in [5.74, 6) is 2.17. The lowest BCUT2D eigenvalue weighted by molar-refractivity contribution is -0.124. The highest BCUT2D eigenvalue weighted by Crippen LogP contribution is 2.29. The summed E-state index contributed by atoms with van der Waals surface area (Å²) in [4.78, 5) is 16.9. The van der Waals surface area contributed by atoms with Crippen LogP contribution in [-0.2, 0) is 29.1 Å². The Morgan fingerprint density at radius 3 is 2.79 bits per heavy atom. The van der Waals surface area contributed by atoms with Crippen LogP contribution in [0.3, 0.4) is 0 Å². The molecule has 0 saturated carbocycles. The number of benzene rings is 2. The molecule has 7 heteroatoms. The van der Waals surface area contributed by atoms with Crippen molar-refractivity contribution in [2.75, 3.05) is 13.7 Å². The molecule has 29 heavy (non-hydrogen) atoms. The van der Waals surface area contributed by atoms with Gasteiger partial charge in [0.05, 0.1) is 6.54 Å². The van der Waals surface area contributed by atoms with Crippen molar-refractivity contribution in [3.63, 3.8) is 0 Å². The Balaban J connectivity index is 1.34. The number of hydrogen-bond acceptors (Lipinski definition) is 5. The zero-order valence-corrected chi connectivity index (χ0v) is 16.4. The van der Waals surface area contributed by atoms with Crippen LogP contribution in [0.2, 0.25) is 0 Å². The molecule has 0 fully saturated rings. The molecule has 1 unspecified atom stereocenters. The van der Waals surface area contributed by atoms with Gasteiger partial charge in [0.1, 0.15) is 18.2 Å². The van der Waals surface area contributed by atoms with Crippen molar-refractivity contribution in [1.29, 1.82) is 0 Å². The number of nitrogens with zero attached hydrogens (tertiary/aromatic N) is 3. The Hall–Kier alpha value is -3.19. The zero-order chi connectivity index (χ0) is 20.1. The molecule has 1 amide bonds. The maximum absolute atomic E-state index is 12.5. The fourth-order valence-electron chi connectivity index (χ4n) is 3.53. The van der Waals surface area contributed by atoms with Gasteiger partial charge < -0.3 is 14.8 Å². The van der Waals surface area contributed by atoms with Crippen LogP contribution in [0.15, 0.2) is 54.6 Å².